The summed E-state index contributed by atoms with van der Waals surface area (Å²) in [4.78, 5) is 25.7. The standard InChI is InChI=1S/C21H23BrN2O4/c1-23-19(25)18(13-5-4-6-15(11-13)27-2)24-20(26)21(9-10-21)14-7-8-17(28-3)16(22)12-14/h4-8,11-12,18H,9-10H2,1-3H3,(H,23,25)(H,24,26). The van der Waals surface area contributed by atoms with Crippen LogP contribution in [0.15, 0.2) is 46.9 Å². The number of benzene rings is 2. The largest absolute Gasteiger partial charge is 0.497 e. The van der Waals surface area contributed by atoms with Gasteiger partial charge in [-0.3, -0.25) is 9.59 Å². The lowest BCUT2D eigenvalue weighted by atomic mass is 9.93. The van der Waals surface area contributed by atoms with Crippen LogP contribution in [0.5, 0.6) is 11.5 Å². The molecule has 2 amide bonds. The molecule has 1 atom stereocenters. The van der Waals surface area contributed by atoms with E-state index in [-0.39, 0.29) is 11.8 Å². The zero-order valence-electron chi connectivity index (χ0n) is 16.0. The quantitative estimate of drug-likeness (QED) is 0.684. The van der Waals surface area contributed by atoms with Gasteiger partial charge in [-0.25, -0.2) is 0 Å². The Morgan fingerprint density at radius 3 is 2.43 bits per heavy atom. The molecule has 1 unspecified atom stereocenters. The van der Waals surface area contributed by atoms with Gasteiger partial charge in [0.05, 0.1) is 24.1 Å². The minimum absolute atomic E-state index is 0.166. The lowest BCUT2D eigenvalue weighted by molar-refractivity contribution is -0.130. The number of rotatable bonds is 7. The minimum atomic E-state index is -0.799. The summed E-state index contributed by atoms with van der Waals surface area (Å²) in [6.45, 7) is 0. The van der Waals surface area contributed by atoms with E-state index in [0.717, 1.165) is 22.9 Å². The van der Waals surface area contributed by atoms with E-state index in [0.29, 0.717) is 17.1 Å². The summed E-state index contributed by atoms with van der Waals surface area (Å²) in [6, 6.07) is 12.0. The van der Waals surface area contributed by atoms with E-state index in [1.807, 2.05) is 18.2 Å². The number of amides is 2. The second-order valence-corrected chi connectivity index (χ2v) is 7.58. The highest BCUT2D eigenvalue weighted by atomic mass is 79.9. The maximum atomic E-state index is 13.2. The second-order valence-electron chi connectivity index (χ2n) is 6.73. The van der Waals surface area contributed by atoms with Gasteiger partial charge in [0.15, 0.2) is 0 Å². The molecule has 2 N–H and O–H groups in total. The summed E-state index contributed by atoms with van der Waals surface area (Å²) in [5, 5.41) is 5.56. The van der Waals surface area contributed by atoms with E-state index >= 15 is 0 Å². The third-order valence-corrected chi connectivity index (χ3v) is 5.72. The highest BCUT2D eigenvalue weighted by Crippen LogP contribution is 2.50. The summed E-state index contributed by atoms with van der Waals surface area (Å²) in [5.74, 6) is 0.884. The first kappa shape index (κ1) is 20.2. The van der Waals surface area contributed by atoms with Crippen molar-refractivity contribution in [3.8, 4) is 11.5 Å². The van der Waals surface area contributed by atoms with Gasteiger partial charge in [0.25, 0.3) is 0 Å². The first-order chi connectivity index (χ1) is 13.4. The average molecular weight is 447 g/mol. The Labute approximate surface area is 172 Å². The summed E-state index contributed by atoms with van der Waals surface area (Å²) >= 11 is 3.48. The molecule has 0 aliphatic heterocycles. The summed E-state index contributed by atoms with van der Waals surface area (Å²) in [6.07, 6.45) is 1.46. The van der Waals surface area contributed by atoms with Crippen LogP contribution >= 0.6 is 15.9 Å². The van der Waals surface area contributed by atoms with Crippen LogP contribution in [0.1, 0.15) is 30.0 Å². The number of carbonyl (C=O) groups is 2. The molecule has 0 radical (unpaired) electrons. The maximum Gasteiger partial charge on any atom is 0.246 e. The fourth-order valence-corrected chi connectivity index (χ4v) is 3.81. The van der Waals surface area contributed by atoms with Gasteiger partial charge in [-0.1, -0.05) is 18.2 Å². The highest BCUT2D eigenvalue weighted by Gasteiger charge is 2.52. The SMILES string of the molecule is CNC(=O)C(NC(=O)C1(c2ccc(OC)c(Br)c2)CC1)c1cccc(OC)c1. The van der Waals surface area contributed by atoms with Crippen LogP contribution in [0, 0.1) is 0 Å². The molecule has 0 heterocycles. The number of carbonyl (C=O) groups excluding carboxylic acids is 2. The topological polar surface area (TPSA) is 76.7 Å². The number of ether oxygens (including phenoxy) is 2. The molecular formula is C21H23BrN2O4. The molecule has 1 fully saturated rings. The van der Waals surface area contributed by atoms with Crippen LogP contribution in [-0.2, 0) is 15.0 Å². The Hall–Kier alpha value is -2.54. The van der Waals surface area contributed by atoms with Crippen LogP contribution in [-0.4, -0.2) is 33.1 Å². The van der Waals surface area contributed by atoms with Crippen LogP contribution in [0.2, 0.25) is 0 Å². The van der Waals surface area contributed by atoms with Crippen molar-refractivity contribution in [3.05, 3.63) is 58.1 Å². The lowest BCUT2D eigenvalue weighted by Crippen LogP contribution is -2.43. The highest BCUT2D eigenvalue weighted by molar-refractivity contribution is 9.10. The molecule has 1 aliphatic carbocycles. The molecule has 0 aromatic heterocycles. The van der Waals surface area contributed by atoms with Crippen molar-refractivity contribution in [1.29, 1.82) is 0 Å². The van der Waals surface area contributed by atoms with Crippen LogP contribution in [0.4, 0.5) is 0 Å². The van der Waals surface area contributed by atoms with Gasteiger partial charge in [-0.05, 0) is 64.2 Å². The molecular weight excluding hydrogens is 424 g/mol. The van der Waals surface area contributed by atoms with Crippen molar-refractivity contribution in [2.75, 3.05) is 21.3 Å². The third-order valence-electron chi connectivity index (χ3n) is 5.10. The lowest BCUT2D eigenvalue weighted by Gasteiger charge is -2.23. The van der Waals surface area contributed by atoms with Gasteiger partial charge in [-0.2, -0.15) is 0 Å². The summed E-state index contributed by atoms with van der Waals surface area (Å²) < 4.78 is 11.3. The predicted molar refractivity (Wildman–Crippen MR) is 110 cm³/mol. The first-order valence-electron chi connectivity index (χ1n) is 8.95. The van der Waals surface area contributed by atoms with Crippen LogP contribution in [0.3, 0.4) is 0 Å². The van der Waals surface area contributed by atoms with Gasteiger partial charge in [-0.15, -0.1) is 0 Å². The molecule has 0 saturated heterocycles. The molecule has 7 heteroatoms. The first-order valence-corrected chi connectivity index (χ1v) is 9.75. The minimum Gasteiger partial charge on any atom is -0.497 e. The fourth-order valence-electron chi connectivity index (χ4n) is 3.27. The van der Waals surface area contributed by atoms with E-state index in [9.17, 15) is 9.59 Å². The molecule has 148 valence electrons. The average Bonchev–Trinajstić information content (AvgIpc) is 3.53. The van der Waals surface area contributed by atoms with Crippen LogP contribution in [0.25, 0.3) is 0 Å². The molecule has 0 spiro atoms. The van der Waals surface area contributed by atoms with Crippen molar-refractivity contribution in [1.82, 2.24) is 10.6 Å². The van der Waals surface area contributed by atoms with Gasteiger partial charge in [0.1, 0.15) is 17.5 Å². The molecule has 2 aromatic carbocycles. The van der Waals surface area contributed by atoms with E-state index in [2.05, 4.69) is 26.6 Å². The van der Waals surface area contributed by atoms with Crippen molar-refractivity contribution in [3.63, 3.8) is 0 Å². The van der Waals surface area contributed by atoms with E-state index in [4.69, 9.17) is 9.47 Å². The second kappa shape index (κ2) is 8.22. The Kier molecular flexibility index (Phi) is 5.93. The Balaban J connectivity index is 1.87. The molecule has 1 saturated carbocycles. The zero-order valence-corrected chi connectivity index (χ0v) is 17.6. The molecule has 0 bridgehead atoms. The smallest absolute Gasteiger partial charge is 0.246 e. The number of nitrogens with one attached hydrogen (secondary N) is 2. The maximum absolute atomic E-state index is 13.2. The van der Waals surface area contributed by atoms with Crippen molar-refractivity contribution in [2.45, 2.75) is 24.3 Å². The normalized spacial score (nSPS) is 15.3. The number of methoxy groups -OCH3 is 2. The number of hydrogen-bond donors (Lipinski definition) is 2. The molecule has 28 heavy (non-hydrogen) atoms. The predicted octanol–water partition coefficient (Wildman–Crippen LogP) is 3.10. The Morgan fingerprint density at radius 2 is 1.86 bits per heavy atom. The number of halogens is 1. The summed E-state index contributed by atoms with van der Waals surface area (Å²) in [5.41, 5.74) is 0.942. The van der Waals surface area contributed by atoms with E-state index in [1.165, 1.54) is 0 Å². The van der Waals surface area contributed by atoms with Crippen molar-refractivity contribution < 1.29 is 19.1 Å². The van der Waals surface area contributed by atoms with Gasteiger partial charge in [0.2, 0.25) is 11.8 Å². The number of hydrogen-bond acceptors (Lipinski definition) is 4. The monoisotopic (exact) mass is 446 g/mol. The van der Waals surface area contributed by atoms with Crippen molar-refractivity contribution in [2.24, 2.45) is 0 Å². The van der Waals surface area contributed by atoms with Gasteiger partial charge in [0, 0.05) is 7.05 Å². The van der Waals surface area contributed by atoms with Gasteiger partial charge >= 0.3 is 0 Å². The molecule has 1 aliphatic rings. The fraction of sp³-hybridized carbons (Fsp3) is 0.333. The Bertz CT molecular complexity index is 896. The van der Waals surface area contributed by atoms with Crippen LogP contribution < -0.4 is 20.1 Å². The third kappa shape index (κ3) is 3.85. The summed E-state index contributed by atoms with van der Waals surface area (Å²) in [7, 11) is 4.71. The number of likely N-dealkylation sites (N-methyl/N-ethyl adjacent to an activating group) is 1. The molecule has 2 aromatic rings. The Morgan fingerprint density at radius 1 is 1.11 bits per heavy atom. The van der Waals surface area contributed by atoms with Gasteiger partial charge < -0.3 is 20.1 Å². The van der Waals surface area contributed by atoms with Crippen molar-refractivity contribution >= 4 is 27.7 Å². The molecule has 3 rings (SSSR count). The zero-order chi connectivity index (χ0) is 20.3. The van der Waals surface area contributed by atoms with E-state index in [1.54, 1.807) is 45.5 Å². The molecule has 6 nitrogen and oxygen atoms in total. The van der Waals surface area contributed by atoms with E-state index < -0.39 is 11.5 Å².